The van der Waals surface area contributed by atoms with Crippen LogP contribution < -0.4 is 10.1 Å². The van der Waals surface area contributed by atoms with E-state index in [0.717, 1.165) is 29.8 Å². The molecule has 0 spiro atoms. The Morgan fingerprint density at radius 2 is 2.14 bits per heavy atom. The molecule has 5 heteroatoms. The Morgan fingerprint density at radius 3 is 2.91 bits per heavy atom. The first-order valence-electron chi connectivity index (χ1n) is 7.60. The molecule has 116 valence electrons. The van der Waals surface area contributed by atoms with Gasteiger partial charge in [0.1, 0.15) is 5.75 Å². The van der Waals surface area contributed by atoms with E-state index >= 15 is 0 Å². The molecule has 1 aliphatic rings. The third kappa shape index (κ3) is 3.47. The summed E-state index contributed by atoms with van der Waals surface area (Å²) < 4.78 is 5.59. The number of nitrogens with zero attached hydrogens (tertiary/aromatic N) is 1. The number of carbonyl (C=O) groups is 1. The third-order valence-corrected chi connectivity index (χ3v) is 4.85. The van der Waals surface area contributed by atoms with E-state index in [1.807, 2.05) is 32.0 Å². The van der Waals surface area contributed by atoms with Crippen LogP contribution in [0.25, 0.3) is 0 Å². The van der Waals surface area contributed by atoms with Gasteiger partial charge in [0.05, 0.1) is 5.69 Å². The molecule has 1 amide bonds. The molecule has 0 atom stereocenters. The molecular formula is C17H20N2O2S. The van der Waals surface area contributed by atoms with Gasteiger partial charge in [-0.3, -0.25) is 10.1 Å². The minimum atomic E-state index is -0.161. The Kier molecular flexibility index (Phi) is 4.43. The molecule has 1 heterocycles. The molecule has 4 nitrogen and oxygen atoms in total. The van der Waals surface area contributed by atoms with Gasteiger partial charge in [-0.15, -0.1) is 11.3 Å². The maximum atomic E-state index is 12.0. The number of aryl methyl sites for hydroxylation is 4. The molecule has 1 aromatic heterocycles. The van der Waals surface area contributed by atoms with Crippen molar-refractivity contribution in [3.63, 3.8) is 0 Å². The maximum absolute atomic E-state index is 12.0. The second kappa shape index (κ2) is 6.48. The Balaban J connectivity index is 1.57. The van der Waals surface area contributed by atoms with E-state index in [4.69, 9.17) is 4.74 Å². The molecule has 3 rings (SSSR count). The van der Waals surface area contributed by atoms with Crippen molar-refractivity contribution in [1.29, 1.82) is 0 Å². The Hall–Kier alpha value is -1.88. The van der Waals surface area contributed by atoms with Crippen LogP contribution in [-0.2, 0) is 17.6 Å². The number of fused-ring (bicyclic) bond motifs is 1. The van der Waals surface area contributed by atoms with Gasteiger partial charge in [-0.2, -0.15) is 0 Å². The first-order valence-corrected chi connectivity index (χ1v) is 8.42. The summed E-state index contributed by atoms with van der Waals surface area (Å²) in [5, 5.41) is 3.54. The Morgan fingerprint density at radius 1 is 1.32 bits per heavy atom. The number of carbonyl (C=O) groups excluding carboxylic acids is 1. The molecule has 0 radical (unpaired) electrons. The second-order valence-corrected chi connectivity index (χ2v) is 6.79. The van der Waals surface area contributed by atoms with Crippen molar-refractivity contribution < 1.29 is 9.53 Å². The number of anilines is 1. The highest BCUT2D eigenvalue weighted by atomic mass is 32.1. The molecule has 1 N–H and O–H groups in total. The SMILES string of the molecule is Cc1ccc(OCC(=O)Nc2nc3c(s2)CCCC3)c(C)c1. The summed E-state index contributed by atoms with van der Waals surface area (Å²) in [7, 11) is 0. The smallest absolute Gasteiger partial charge is 0.264 e. The van der Waals surface area contributed by atoms with E-state index in [9.17, 15) is 4.79 Å². The van der Waals surface area contributed by atoms with Crippen LogP contribution in [0.3, 0.4) is 0 Å². The Bertz CT molecular complexity index is 670. The summed E-state index contributed by atoms with van der Waals surface area (Å²) in [6.45, 7) is 4.02. The number of nitrogens with one attached hydrogen (secondary N) is 1. The fourth-order valence-corrected chi connectivity index (χ4v) is 3.73. The van der Waals surface area contributed by atoms with Crippen molar-refractivity contribution in [3.8, 4) is 5.75 Å². The van der Waals surface area contributed by atoms with E-state index in [0.29, 0.717) is 5.13 Å². The zero-order chi connectivity index (χ0) is 15.5. The molecular weight excluding hydrogens is 296 g/mol. The van der Waals surface area contributed by atoms with Crippen LogP contribution in [0.1, 0.15) is 34.5 Å². The number of amides is 1. The van der Waals surface area contributed by atoms with Gasteiger partial charge in [-0.25, -0.2) is 4.98 Å². The van der Waals surface area contributed by atoms with Crippen molar-refractivity contribution in [2.45, 2.75) is 39.5 Å². The largest absolute Gasteiger partial charge is 0.483 e. The first-order chi connectivity index (χ1) is 10.6. The van der Waals surface area contributed by atoms with E-state index in [2.05, 4.69) is 10.3 Å². The van der Waals surface area contributed by atoms with Crippen LogP contribution in [0.15, 0.2) is 18.2 Å². The minimum absolute atomic E-state index is 0.00808. The van der Waals surface area contributed by atoms with Gasteiger partial charge in [-0.05, 0) is 51.2 Å². The minimum Gasteiger partial charge on any atom is -0.483 e. The van der Waals surface area contributed by atoms with Crippen molar-refractivity contribution >= 4 is 22.4 Å². The second-order valence-electron chi connectivity index (χ2n) is 5.70. The van der Waals surface area contributed by atoms with Gasteiger partial charge < -0.3 is 4.74 Å². The summed E-state index contributed by atoms with van der Waals surface area (Å²) >= 11 is 1.59. The summed E-state index contributed by atoms with van der Waals surface area (Å²) in [4.78, 5) is 17.8. The zero-order valence-corrected chi connectivity index (χ0v) is 13.8. The normalized spacial score (nSPS) is 13.5. The predicted molar refractivity (Wildman–Crippen MR) is 88.8 cm³/mol. The summed E-state index contributed by atoms with van der Waals surface area (Å²) in [6, 6.07) is 5.93. The van der Waals surface area contributed by atoms with Gasteiger partial charge in [0.15, 0.2) is 11.7 Å². The molecule has 0 bridgehead atoms. The topological polar surface area (TPSA) is 51.2 Å². The Labute approximate surface area is 134 Å². The van der Waals surface area contributed by atoms with Crippen LogP contribution in [0.4, 0.5) is 5.13 Å². The number of thiazole rings is 1. The van der Waals surface area contributed by atoms with Crippen molar-refractivity contribution in [3.05, 3.63) is 39.9 Å². The number of hydrogen-bond acceptors (Lipinski definition) is 4. The number of rotatable bonds is 4. The number of ether oxygens (including phenoxy) is 1. The average Bonchev–Trinajstić information content (AvgIpc) is 2.88. The lowest BCUT2D eigenvalue weighted by Crippen LogP contribution is -2.20. The van der Waals surface area contributed by atoms with Crippen LogP contribution in [0.5, 0.6) is 5.75 Å². The molecule has 0 saturated heterocycles. The average molecular weight is 316 g/mol. The van der Waals surface area contributed by atoms with Crippen molar-refractivity contribution in [2.75, 3.05) is 11.9 Å². The number of hydrogen-bond donors (Lipinski definition) is 1. The van der Waals surface area contributed by atoms with Gasteiger partial charge in [0.25, 0.3) is 5.91 Å². The quantitative estimate of drug-likeness (QED) is 0.936. The van der Waals surface area contributed by atoms with E-state index in [1.165, 1.54) is 23.3 Å². The molecule has 1 aromatic carbocycles. The highest BCUT2D eigenvalue weighted by Crippen LogP contribution is 2.29. The van der Waals surface area contributed by atoms with Crippen molar-refractivity contribution in [2.24, 2.45) is 0 Å². The van der Waals surface area contributed by atoms with Crippen LogP contribution >= 0.6 is 11.3 Å². The molecule has 0 fully saturated rings. The van der Waals surface area contributed by atoms with Crippen LogP contribution in [0, 0.1) is 13.8 Å². The summed E-state index contributed by atoms with van der Waals surface area (Å²) in [6.07, 6.45) is 4.53. The van der Waals surface area contributed by atoms with Gasteiger partial charge in [-0.1, -0.05) is 17.7 Å². The first kappa shape index (κ1) is 15.0. The highest BCUT2D eigenvalue weighted by molar-refractivity contribution is 7.15. The van der Waals surface area contributed by atoms with Gasteiger partial charge in [0.2, 0.25) is 0 Å². The van der Waals surface area contributed by atoms with E-state index < -0.39 is 0 Å². The summed E-state index contributed by atoms with van der Waals surface area (Å²) in [5.74, 6) is 0.588. The summed E-state index contributed by atoms with van der Waals surface area (Å²) in [5.41, 5.74) is 3.38. The molecule has 0 saturated carbocycles. The number of benzene rings is 1. The van der Waals surface area contributed by atoms with Gasteiger partial charge >= 0.3 is 0 Å². The lowest BCUT2D eigenvalue weighted by Gasteiger charge is -2.09. The lowest BCUT2D eigenvalue weighted by atomic mass is 10.0. The number of aromatic nitrogens is 1. The molecule has 22 heavy (non-hydrogen) atoms. The highest BCUT2D eigenvalue weighted by Gasteiger charge is 2.16. The zero-order valence-electron chi connectivity index (χ0n) is 12.9. The fraction of sp³-hybridized carbons (Fsp3) is 0.412. The van der Waals surface area contributed by atoms with Crippen molar-refractivity contribution in [1.82, 2.24) is 4.98 Å². The lowest BCUT2D eigenvalue weighted by molar-refractivity contribution is -0.118. The molecule has 0 aliphatic heterocycles. The maximum Gasteiger partial charge on any atom is 0.264 e. The van der Waals surface area contributed by atoms with Gasteiger partial charge in [0, 0.05) is 4.88 Å². The van der Waals surface area contributed by atoms with E-state index in [-0.39, 0.29) is 12.5 Å². The van der Waals surface area contributed by atoms with Crippen LogP contribution in [0.2, 0.25) is 0 Å². The molecule has 2 aromatic rings. The molecule has 1 aliphatic carbocycles. The monoisotopic (exact) mass is 316 g/mol. The fourth-order valence-electron chi connectivity index (χ4n) is 2.67. The standard InChI is InChI=1S/C17H20N2O2S/c1-11-7-8-14(12(2)9-11)21-10-16(20)19-17-18-13-5-3-4-6-15(13)22-17/h7-9H,3-6,10H2,1-2H3,(H,18,19,20). The third-order valence-electron chi connectivity index (χ3n) is 3.78. The van der Waals surface area contributed by atoms with E-state index in [1.54, 1.807) is 11.3 Å². The molecule has 0 unspecified atom stereocenters. The van der Waals surface area contributed by atoms with Crippen LogP contribution in [-0.4, -0.2) is 17.5 Å². The predicted octanol–water partition coefficient (Wildman–Crippen LogP) is 3.66.